The molecule has 0 radical (unpaired) electrons. The molecule has 6 heteroatoms. The van der Waals surface area contributed by atoms with Gasteiger partial charge in [-0.25, -0.2) is 0 Å². The number of aliphatic hydroxyl groups excluding tert-OH is 1. The van der Waals surface area contributed by atoms with E-state index in [0.29, 0.717) is 36.9 Å². The highest BCUT2D eigenvalue weighted by Crippen LogP contribution is 2.28. The van der Waals surface area contributed by atoms with Crippen LogP contribution in [0.3, 0.4) is 0 Å². The number of benzene rings is 1. The molecule has 0 bridgehead atoms. The summed E-state index contributed by atoms with van der Waals surface area (Å²) >= 11 is 0. The van der Waals surface area contributed by atoms with Crippen LogP contribution < -0.4 is 4.74 Å². The van der Waals surface area contributed by atoms with Crippen molar-refractivity contribution in [2.24, 2.45) is 5.92 Å². The zero-order chi connectivity index (χ0) is 16.9. The maximum Gasteiger partial charge on any atom is 0.247 e. The lowest BCUT2D eigenvalue weighted by Crippen LogP contribution is -2.35. The van der Waals surface area contributed by atoms with Crippen LogP contribution in [0.4, 0.5) is 0 Å². The minimum Gasteiger partial charge on any atom is -0.497 e. The van der Waals surface area contributed by atoms with Gasteiger partial charge in [-0.1, -0.05) is 6.07 Å². The number of aliphatic hydroxyl groups is 1. The molecule has 1 heterocycles. The molecule has 1 aromatic carbocycles. The summed E-state index contributed by atoms with van der Waals surface area (Å²) in [5.41, 5.74) is 0.860. The van der Waals surface area contributed by atoms with Crippen molar-refractivity contribution in [3.63, 3.8) is 0 Å². The fourth-order valence-corrected chi connectivity index (χ4v) is 3.30. The fourth-order valence-electron chi connectivity index (χ4n) is 3.30. The van der Waals surface area contributed by atoms with Crippen LogP contribution in [0, 0.1) is 5.92 Å². The molecule has 6 nitrogen and oxygen atoms in total. The van der Waals surface area contributed by atoms with E-state index in [9.17, 15) is 5.11 Å². The molecule has 0 aliphatic heterocycles. The predicted octanol–water partition coefficient (Wildman–Crippen LogP) is 2.73. The van der Waals surface area contributed by atoms with E-state index >= 15 is 0 Å². The Morgan fingerprint density at radius 3 is 2.75 bits per heavy atom. The normalized spacial score (nSPS) is 21.2. The summed E-state index contributed by atoms with van der Waals surface area (Å²) in [5, 5.41) is 17.6. The van der Waals surface area contributed by atoms with Crippen LogP contribution in [0.5, 0.6) is 5.75 Å². The van der Waals surface area contributed by atoms with Crippen molar-refractivity contribution < 1.29 is 14.3 Å². The smallest absolute Gasteiger partial charge is 0.247 e. The molecule has 0 unspecified atom stereocenters. The van der Waals surface area contributed by atoms with E-state index in [-0.39, 0.29) is 0 Å². The second kappa shape index (κ2) is 7.77. The van der Waals surface area contributed by atoms with Crippen molar-refractivity contribution in [3.05, 3.63) is 30.2 Å². The largest absolute Gasteiger partial charge is 0.497 e. The van der Waals surface area contributed by atoms with Crippen molar-refractivity contribution in [1.82, 2.24) is 15.1 Å². The highest BCUT2D eigenvalue weighted by atomic mass is 16.5. The third-order valence-corrected chi connectivity index (χ3v) is 4.87. The van der Waals surface area contributed by atoms with Crippen LogP contribution >= 0.6 is 0 Å². The zero-order valence-electron chi connectivity index (χ0n) is 14.3. The summed E-state index contributed by atoms with van der Waals surface area (Å²) in [7, 11) is 3.73. The van der Waals surface area contributed by atoms with E-state index in [2.05, 4.69) is 22.1 Å². The summed E-state index contributed by atoms with van der Waals surface area (Å²) in [4.78, 5) is 2.27. The lowest BCUT2D eigenvalue weighted by Gasteiger charge is -2.33. The van der Waals surface area contributed by atoms with Gasteiger partial charge in [0.05, 0.1) is 13.7 Å². The number of rotatable bonds is 6. The Kier molecular flexibility index (Phi) is 5.48. The standard InChI is InChI=1S/C18H25N3O3/c1-21(15-8-6-13(12-22)7-9-15)11-17-19-20-18(24-17)14-4-3-5-16(10-14)23-2/h3-5,10,13,15,22H,6-9,11-12H2,1-2H3. The molecule has 1 saturated carbocycles. The lowest BCUT2D eigenvalue weighted by atomic mass is 9.86. The Bertz CT molecular complexity index is 650. The molecule has 1 aliphatic carbocycles. The molecule has 2 aromatic rings. The highest BCUT2D eigenvalue weighted by molar-refractivity contribution is 5.55. The average molecular weight is 331 g/mol. The van der Waals surface area contributed by atoms with Crippen LogP contribution in [0.25, 0.3) is 11.5 Å². The molecule has 130 valence electrons. The molecule has 0 amide bonds. The van der Waals surface area contributed by atoms with E-state index < -0.39 is 0 Å². The minimum atomic E-state index is 0.310. The Hall–Kier alpha value is -1.92. The van der Waals surface area contributed by atoms with Gasteiger partial charge in [0, 0.05) is 18.2 Å². The Morgan fingerprint density at radius 1 is 1.25 bits per heavy atom. The molecule has 1 N–H and O–H groups in total. The van der Waals surface area contributed by atoms with Crippen molar-refractivity contribution in [1.29, 1.82) is 0 Å². The summed E-state index contributed by atoms with van der Waals surface area (Å²) < 4.78 is 11.0. The van der Waals surface area contributed by atoms with Crippen LogP contribution in [-0.2, 0) is 6.54 Å². The quantitative estimate of drug-likeness (QED) is 0.877. The first-order valence-electron chi connectivity index (χ1n) is 8.47. The third-order valence-electron chi connectivity index (χ3n) is 4.87. The first-order valence-corrected chi connectivity index (χ1v) is 8.47. The lowest BCUT2D eigenvalue weighted by molar-refractivity contribution is 0.118. The van der Waals surface area contributed by atoms with Crippen LogP contribution in [0.1, 0.15) is 31.6 Å². The van der Waals surface area contributed by atoms with Crippen molar-refractivity contribution in [2.75, 3.05) is 20.8 Å². The molecule has 1 fully saturated rings. The molecular weight excluding hydrogens is 306 g/mol. The van der Waals surface area contributed by atoms with Gasteiger partial charge in [0.25, 0.3) is 0 Å². The highest BCUT2D eigenvalue weighted by Gasteiger charge is 2.24. The van der Waals surface area contributed by atoms with E-state index in [0.717, 1.165) is 37.0 Å². The van der Waals surface area contributed by atoms with Crippen molar-refractivity contribution in [3.8, 4) is 17.2 Å². The van der Waals surface area contributed by atoms with Gasteiger partial charge in [-0.2, -0.15) is 0 Å². The van der Waals surface area contributed by atoms with E-state index in [1.165, 1.54) is 0 Å². The molecule has 24 heavy (non-hydrogen) atoms. The Labute approximate surface area is 142 Å². The number of hydrogen-bond donors (Lipinski definition) is 1. The number of methoxy groups -OCH3 is 1. The minimum absolute atomic E-state index is 0.310. The second-order valence-corrected chi connectivity index (χ2v) is 6.51. The summed E-state index contributed by atoms with van der Waals surface area (Å²) in [5.74, 6) is 2.38. The topological polar surface area (TPSA) is 71.6 Å². The number of aromatic nitrogens is 2. The maximum atomic E-state index is 9.24. The first-order chi connectivity index (χ1) is 11.7. The van der Waals surface area contributed by atoms with Crippen LogP contribution in [-0.4, -0.2) is 47.0 Å². The van der Waals surface area contributed by atoms with Gasteiger partial charge in [0.1, 0.15) is 5.75 Å². The molecular formula is C18H25N3O3. The van der Waals surface area contributed by atoms with Gasteiger partial charge < -0.3 is 14.3 Å². The summed E-state index contributed by atoms with van der Waals surface area (Å²) in [6.45, 7) is 0.954. The van der Waals surface area contributed by atoms with Crippen LogP contribution in [0.15, 0.2) is 28.7 Å². The van der Waals surface area contributed by atoms with Gasteiger partial charge in [-0.3, -0.25) is 4.90 Å². The van der Waals surface area contributed by atoms with Gasteiger partial charge >= 0.3 is 0 Å². The molecule has 0 saturated heterocycles. The number of hydrogen-bond acceptors (Lipinski definition) is 6. The second-order valence-electron chi connectivity index (χ2n) is 6.51. The van der Waals surface area contributed by atoms with Gasteiger partial charge in [0.2, 0.25) is 11.8 Å². The summed E-state index contributed by atoms with van der Waals surface area (Å²) in [6, 6.07) is 8.12. The average Bonchev–Trinajstić information content (AvgIpc) is 3.10. The monoisotopic (exact) mass is 331 g/mol. The molecule has 0 spiro atoms. The predicted molar refractivity (Wildman–Crippen MR) is 90.6 cm³/mol. The molecule has 0 atom stereocenters. The summed E-state index contributed by atoms with van der Waals surface area (Å²) in [6.07, 6.45) is 4.39. The molecule has 3 rings (SSSR count). The van der Waals surface area contributed by atoms with Gasteiger partial charge in [-0.05, 0) is 56.8 Å². The first kappa shape index (κ1) is 16.9. The van der Waals surface area contributed by atoms with E-state index in [1.54, 1.807) is 7.11 Å². The van der Waals surface area contributed by atoms with Crippen molar-refractivity contribution >= 4 is 0 Å². The SMILES string of the molecule is COc1cccc(-c2nnc(CN(C)C3CCC(CO)CC3)o2)c1. The van der Waals surface area contributed by atoms with Gasteiger partial charge in [0.15, 0.2) is 0 Å². The van der Waals surface area contributed by atoms with Crippen molar-refractivity contribution in [2.45, 2.75) is 38.3 Å². The Morgan fingerprint density at radius 2 is 2.04 bits per heavy atom. The van der Waals surface area contributed by atoms with Crippen LogP contribution in [0.2, 0.25) is 0 Å². The molecule has 1 aromatic heterocycles. The third kappa shape index (κ3) is 3.94. The fraction of sp³-hybridized carbons (Fsp3) is 0.556. The van der Waals surface area contributed by atoms with Gasteiger partial charge in [-0.15, -0.1) is 10.2 Å². The Balaban J connectivity index is 1.61. The number of nitrogens with zero attached hydrogens (tertiary/aromatic N) is 3. The number of ether oxygens (including phenoxy) is 1. The zero-order valence-corrected chi connectivity index (χ0v) is 14.3. The van der Waals surface area contributed by atoms with E-state index in [4.69, 9.17) is 9.15 Å². The maximum absolute atomic E-state index is 9.24. The van der Waals surface area contributed by atoms with E-state index in [1.807, 2.05) is 24.3 Å². The molecule has 1 aliphatic rings.